The smallest absolute Gasteiger partial charge is 0.133 e. The molecule has 1 aromatic heterocycles. The molecule has 2 heterocycles. The molecule has 0 saturated heterocycles. The van der Waals surface area contributed by atoms with Crippen LogP contribution in [-0.2, 0) is 0 Å². The SMILES string of the molecule is CC1CN=Cc2ccc(Nc3ccncn3)cc21. The molecule has 1 aliphatic rings. The monoisotopic (exact) mass is 238 g/mol. The lowest BCUT2D eigenvalue weighted by molar-refractivity contribution is 0.765. The van der Waals surface area contributed by atoms with Crippen LogP contribution in [-0.4, -0.2) is 22.7 Å². The Morgan fingerprint density at radius 2 is 2.22 bits per heavy atom. The first-order valence-electron chi connectivity index (χ1n) is 6.00. The van der Waals surface area contributed by atoms with E-state index in [1.165, 1.54) is 17.5 Å². The van der Waals surface area contributed by atoms with E-state index in [0.717, 1.165) is 18.1 Å². The molecule has 0 aliphatic carbocycles. The second kappa shape index (κ2) is 4.56. The molecule has 0 amide bonds. The number of fused-ring (bicyclic) bond motifs is 1. The van der Waals surface area contributed by atoms with Crippen molar-refractivity contribution in [2.75, 3.05) is 11.9 Å². The molecule has 1 unspecified atom stereocenters. The molecule has 0 bridgehead atoms. The summed E-state index contributed by atoms with van der Waals surface area (Å²) in [5, 5.41) is 3.28. The van der Waals surface area contributed by atoms with Gasteiger partial charge >= 0.3 is 0 Å². The van der Waals surface area contributed by atoms with E-state index >= 15 is 0 Å². The van der Waals surface area contributed by atoms with Gasteiger partial charge in [0.1, 0.15) is 12.1 Å². The van der Waals surface area contributed by atoms with Crippen LogP contribution < -0.4 is 5.32 Å². The van der Waals surface area contributed by atoms with Crippen LogP contribution >= 0.6 is 0 Å². The summed E-state index contributed by atoms with van der Waals surface area (Å²) in [7, 11) is 0. The molecule has 2 aromatic rings. The quantitative estimate of drug-likeness (QED) is 0.875. The standard InChI is InChI=1S/C14H14N4/c1-10-7-16-8-11-2-3-12(6-13(10)11)18-14-4-5-15-9-17-14/h2-6,8-10H,7H2,1H3,(H,15,17,18). The van der Waals surface area contributed by atoms with Crippen LogP contribution in [0.4, 0.5) is 11.5 Å². The first-order chi connectivity index (χ1) is 8.83. The molecule has 1 aromatic carbocycles. The molecule has 4 nitrogen and oxygen atoms in total. The second-order valence-electron chi connectivity index (χ2n) is 4.46. The number of anilines is 2. The van der Waals surface area contributed by atoms with Gasteiger partial charge in [-0.3, -0.25) is 4.99 Å². The van der Waals surface area contributed by atoms with E-state index in [2.05, 4.69) is 39.3 Å². The minimum atomic E-state index is 0.470. The highest BCUT2D eigenvalue weighted by Gasteiger charge is 2.13. The third-order valence-electron chi connectivity index (χ3n) is 3.08. The Morgan fingerprint density at radius 1 is 1.28 bits per heavy atom. The van der Waals surface area contributed by atoms with Gasteiger partial charge in [0.25, 0.3) is 0 Å². The van der Waals surface area contributed by atoms with Crippen LogP contribution in [0.2, 0.25) is 0 Å². The molecule has 4 heteroatoms. The number of hydrogen-bond acceptors (Lipinski definition) is 4. The summed E-state index contributed by atoms with van der Waals surface area (Å²) in [6.45, 7) is 3.06. The van der Waals surface area contributed by atoms with Crippen LogP contribution in [0.1, 0.15) is 24.0 Å². The van der Waals surface area contributed by atoms with Gasteiger partial charge in [-0.15, -0.1) is 0 Å². The molecule has 18 heavy (non-hydrogen) atoms. The summed E-state index contributed by atoms with van der Waals surface area (Å²) in [6.07, 6.45) is 5.21. The lowest BCUT2D eigenvalue weighted by atomic mass is 9.93. The Balaban J connectivity index is 1.91. The summed E-state index contributed by atoms with van der Waals surface area (Å²) in [6, 6.07) is 8.17. The molecular weight excluding hydrogens is 224 g/mol. The number of hydrogen-bond donors (Lipinski definition) is 1. The molecule has 1 atom stereocenters. The van der Waals surface area contributed by atoms with Gasteiger partial charge in [-0.25, -0.2) is 9.97 Å². The summed E-state index contributed by atoms with van der Waals surface area (Å²) < 4.78 is 0. The van der Waals surface area contributed by atoms with Gasteiger partial charge in [0, 0.05) is 30.6 Å². The number of aromatic nitrogens is 2. The molecular formula is C14H14N4. The maximum Gasteiger partial charge on any atom is 0.133 e. The molecule has 0 radical (unpaired) electrons. The average Bonchev–Trinajstić information content (AvgIpc) is 2.41. The van der Waals surface area contributed by atoms with E-state index in [1.807, 2.05) is 18.3 Å². The van der Waals surface area contributed by atoms with Crippen molar-refractivity contribution < 1.29 is 0 Å². The van der Waals surface area contributed by atoms with E-state index in [1.54, 1.807) is 6.20 Å². The zero-order chi connectivity index (χ0) is 12.4. The maximum atomic E-state index is 4.35. The van der Waals surface area contributed by atoms with Gasteiger partial charge in [-0.2, -0.15) is 0 Å². The largest absolute Gasteiger partial charge is 0.340 e. The fraction of sp³-hybridized carbons (Fsp3) is 0.214. The molecule has 90 valence electrons. The molecule has 0 spiro atoms. The highest BCUT2D eigenvalue weighted by molar-refractivity contribution is 5.84. The first-order valence-corrected chi connectivity index (χ1v) is 6.00. The summed E-state index contributed by atoms with van der Waals surface area (Å²) in [5.41, 5.74) is 3.60. The van der Waals surface area contributed by atoms with Crippen LogP contribution in [0.15, 0.2) is 41.8 Å². The third kappa shape index (κ3) is 2.09. The van der Waals surface area contributed by atoms with Gasteiger partial charge in [-0.05, 0) is 29.3 Å². The third-order valence-corrected chi connectivity index (χ3v) is 3.08. The van der Waals surface area contributed by atoms with Gasteiger partial charge in [0.05, 0.1) is 0 Å². The van der Waals surface area contributed by atoms with E-state index in [9.17, 15) is 0 Å². The predicted octanol–water partition coefficient (Wildman–Crippen LogP) is 2.76. The fourth-order valence-corrected chi connectivity index (χ4v) is 2.12. The summed E-state index contributed by atoms with van der Waals surface area (Å²) >= 11 is 0. The Kier molecular flexibility index (Phi) is 2.76. The number of nitrogens with one attached hydrogen (secondary N) is 1. The first kappa shape index (κ1) is 10.9. The van der Waals surface area contributed by atoms with Crippen molar-refractivity contribution in [1.82, 2.24) is 9.97 Å². The van der Waals surface area contributed by atoms with Crippen molar-refractivity contribution in [3.8, 4) is 0 Å². The molecule has 0 saturated carbocycles. The van der Waals surface area contributed by atoms with E-state index in [0.29, 0.717) is 5.92 Å². The molecule has 1 aliphatic heterocycles. The van der Waals surface area contributed by atoms with Crippen molar-refractivity contribution in [3.63, 3.8) is 0 Å². The van der Waals surface area contributed by atoms with Crippen molar-refractivity contribution in [1.29, 1.82) is 0 Å². The van der Waals surface area contributed by atoms with Crippen LogP contribution in [0, 0.1) is 0 Å². The second-order valence-corrected chi connectivity index (χ2v) is 4.46. The van der Waals surface area contributed by atoms with Crippen LogP contribution in [0.5, 0.6) is 0 Å². The Labute approximate surface area is 106 Å². The fourth-order valence-electron chi connectivity index (χ4n) is 2.12. The van der Waals surface area contributed by atoms with Crippen molar-refractivity contribution in [2.45, 2.75) is 12.8 Å². The van der Waals surface area contributed by atoms with Crippen molar-refractivity contribution in [3.05, 3.63) is 47.9 Å². The highest BCUT2D eigenvalue weighted by Crippen LogP contribution is 2.27. The van der Waals surface area contributed by atoms with E-state index in [-0.39, 0.29) is 0 Å². The van der Waals surface area contributed by atoms with E-state index in [4.69, 9.17) is 0 Å². The number of aliphatic imine (C=N–C) groups is 1. The topological polar surface area (TPSA) is 50.2 Å². The van der Waals surface area contributed by atoms with Gasteiger partial charge in [-0.1, -0.05) is 13.0 Å². The predicted molar refractivity (Wildman–Crippen MR) is 72.6 cm³/mol. The van der Waals surface area contributed by atoms with Gasteiger partial charge in [0.2, 0.25) is 0 Å². The Bertz CT molecular complexity index is 578. The minimum Gasteiger partial charge on any atom is -0.340 e. The minimum absolute atomic E-state index is 0.470. The van der Waals surface area contributed by atoms with Crippen molar-refractivity contribution in [2.24, 2.45) is 4.99 Å². The van der Waals surface area contributed by atoms with Crippen LogP contribution in [0.25, 0.3) is 0 Å². The number of benzene rings is 1. The lowest BCUT2D eigenvalue weighted by Crippen LogP contribution is -2.08. The zero-order valence-corrected chi connectivity index (χ0v) is 10.2. The van der Waals surface area contributed by atoms with Crippen molar-refractivity contribution >= 4 is 17.7 Å². The highest BCUT2D eigenvalue weighted by atomic mass is 15.0. The number of rotatable bonds is 2. The van der Waals surface area contributed by atoms with E-state index < -0.39 is 0 Å². The molecule has 1 N–H and O–H groups in total. The zero-order valence-electron chi connectivity index (χ0n) is 10.2. The summed E-state index contributed by atoms with van der Waals surface area (Å²) in [5.74, 6) is 1.28. The normalized spacial score (nSPS) is 17.3. The van der Waals surface area contributed by atoms with Gasteiger partial charge < -0.3 is 5.32 Å². The average molecular weight is 238 g/mol. The lowest BCUT2D eigenvalue weighted by Gasteiger charge is -2.18. The summed E-state index contributed by atoms with van der Waals surface area (Å²) in [4.78, 5) is 12.4. The molecule has 0 fully saturated rings. The van der Waals surface area contributed by atoms with Crippen LogP contribution in [0.3, 0.4) is 0 Å². The number of nitrogens with zero attached hydrogens (tertiary/aromatic N) is 3. The Hall–Kier alpha value is -2.23. The Morgan fingerprint density at radius 3 is 3.06 bits per heavy atom. The maximum absolute atomic E-state index is 4.35. The van der Waals surface area contributed by atoms with Gasteiger partial charge in [0.15, 0.2) is 0 Å². The molecule has 3 rings (SSSR count).